The average Bonchev–Trinajstić information content (AvgIpc) is 3.11. The molecule has 144 valence electrons. The third-order valence-corrected chi connectivity index (χ3v) is 5.56. The first-order chi connectivity index (χ1) is 13.6. The van der Waals surface area contributed by atoms with E-state index in [1.165, 1.54) is 11.3 Å². The van der Waals surface area contributed by atoms with Gasteiger partial charge in [0.2, 0.25) is 0 Å². The number of carbonyl (C=O) groups excluding carboxylic acids is 1. The zero-order chi connectivity index (χ0) is 19.5. The smallest absolute Gasteiger partial charge is 0.277 e. The Morgan fingerprint density at radius 3 is 2.89 bits per heavy atom. The van der Waals surface area contributed by atoms with Crippen LogP contribution in [0.2, 0.25) is 0 Å². The third-order valence-electron chi connectivity index (χ3n) is 4.62. The molecular weight excluding hydrogens is 374 g/mol. The standard InChI is InChI=1S/C19H21N7OS/c20-13-4-2-8-26(11-13)15-5-7-23-10-14(15)24-18(27)16-17(21)28-19(25-16)12-3-1-6-22-9-12/h1,3,5-7,9-10,13H,2,4,8,11,20-21H2,(H,24,27)/t13-/m0/s1. The van der Waals surface area contributed by atoms with E-state index in [4.69, 9.17) is 11.5 Å². The van der Waals surface area contributed by atoms with Crippen molar-refractivity contribution in [2.45, 2.75) is 18.9 Å². The maximum atomic E-state index is 12.8. The van der Waals surface area contributed by atoms with Crippen molar-refractivity contribution in [3.05, 3.63) is 48.7 Å². The molecule has 0 bridgehead atoms. The van der Waals surface area contributed by atoms with Crippen molar-refractivity contribution in [1.29, 1.82) is 0 Å². The fourth-order valence-corrected chi connectivity index (χ4v) is 4.10. The Balaban J connectivity index is 1.57. The second-order valence-corrected chi connectivity index (χ2v) is 7.70. The molecule has 9 heteroatoms. The molecule has 1 aliphatic heterocycles. The summed E-state index contributed by atoms with van der Waals surface area (Å²) in [7, 11) is 0. The van der Waals surface area contributed by atoms with Gasteiger partial charge in [0, 0.05) is 43.3 Å². The summed E-state index contributed by atoms with van der Waals surface area (Å²) >= 11 is 1.26. The van der Waals surface area contributed by atoms with Crippen molar-refractivity contribution in [1.82, 2.24) is 15.0 Å². The normalized spacial score (nSPS) is 16.8. The molecule has 3 aromatic rings. The highest BCUT2D eigenvalue weighted by molar-refractivity contribution is 7.19. The number of nitrogens with one attached hydrogen (secondary N) is 1. The number of thiazole rings is 1. The summed E-state index contributed by atoms with van der Waals surface area (Å²) < 4.78 is 0. The van der Waals surface area contributed by atoms with Crippen molar-refractivity contribution in [2.75, 3.05) is 29.0 Å². The number of nitrogens with two attached hydrogens (primary N) is 2. The summed E-state index contributed by atoms with van der Waals surface area (Å²) in [6.45, 7) is 1.64. The maximum Gasteiger partial charge on any atom is 0.277 e. The largest absolute Gasteiger partial charge is 0.389 e. The van der Waals surface area contributed by atoms with E-state index in [0.29, 0.717) is 15.7 Å². The van der Waals surface area contributed by atoms with Crippen LogP contribution in [0, 0.1) is 0 Å². The molecular formula is C19H21N7OS. The third kappa shape index (κ3) is 3.80. The molecule has 0 unspecified atom stereocenters. The lowest BCUT2D eigenvalue weighted by atomic mass is 10.1. The quantitative estimate of drug-likeness (QED) is 0.619. The minimum absolute atomic E-state index is 0.127. The number of rotatable bonds is 4. The zero-order valence-corrected chi connectivity index (χ0v) is 16.0. The van der Waals surface area contributed by atoms with Gasteiger partial charge in [-0.25, -0.2) is 4.98 Å². The second-order valence-electron chi connectivity index (χ2n) is 6.67. The lowest BCUT2D eigenvalue weighted by Crippen LogP contribution is -2.43. The molecule has 28 heavy (non-hydrogen) atoms. The Bertz CT molecular complexity index is 975. The van der Waals surface area contributed by atoms with Crippen LogP contribution in [0.1, 0.15) is 23.3 Å². The van der Waals surface area contributed by atoms with E-state index in [9.17, 15) is 4.79 Å². The number of nitrogens with zero attached hydrogens (tertiary/aromatic N) is 4. The molecule has 8 nitrogen and oxygen atoms in total. The van der Waals surface area contributed by atoms with Crippen molar-refractivity contribution < 1.29 is 4.79 Å². The molecule has 0 aliphatic carbocycles. The molecule has 1 atom stereocenters. The van der Waals surface area contributed by atoms with Crippen molar-refractivity contribution in [3.63, 3.8) is 0 Å². The second kappa shape index (κ2) is 7.91. The number of hydrogen-bond donors (Lipinski definition) is 3. The Hall–Kier alpha value is -3.04. The highest BCUT2D eigenvalue weighted by Crippen LogP contribution is 2.31. The van der Waals surface area contributed by atoms with Gasteiger partial charge in [0.15, 0.2) is 5.69 Å². The summed E-state index contributed by atoms with van der Waals surface area (Å²) in [5.41, 5.74) is 14.7. The number of hydrogen-bond acceptors (Lipinski definition) is 8. The van der Waals surface area contributed by atoms with E-state index in [1.807, 2.05) is 18.2 Å². The summed E-state index contributed by atoms with van der Waals surface area (Å²) in [5, 5.41) is 3.93. The first-order valence-electron chi connectivity index (χ1n) is 9.04. The van der Waals surface area contributed by atoms with Gasteiger partial charge in [-0.1, -0.05) is 11.3 Å². The SMILES string of the molecule is Nc1sc(-c2cccnc2)nc1C(=O)Nc1cnccc1N1CCC[C@H](N)C1. The van der Waals surface area contributed by atoms with Crippen molar-refractivity contribution in [2.24, 2.45) is 5.73 Å². The van der Waals surface area contributed by atoms with Crippen LogP contribution < -0.4 is 21.7 Å². The Morgan fingerprint density at radius 2 is 2.11 bits per heavy atom. The monoisotopic (exact) mass is 395 g/mol. The predicted octanol–water partition coefficient (Wildman–Crippen LogP) is 2.36. The van der Waals surface area contributed by atoms with Crippen LogP contribution in [0.5, 0.6) is 0 Å². The van der Waals surface area contributed by atoms with Gasteiger partial charge in [-0.2, -0.15) is 0 Å². The van der Waals surface area contributed by atoms with E-state index >= 15 is 0 Å². The minimum atomic E-state index is -0.362. The number of amides is 1. The molecule has 0 saturated carbocycles. The summed E-state index contributed by atoms with van der Waals surface area (Å²) in [4.78, 5) is 27.7. The van der Waals surface area contributed by atoms with Crippen LogP contribution in [0.4, 0.5) is 16.4 Å². The van der Waals surface area contributed by atoms with Gasteiger partial charge in [-0.15, -0.1) is 0 Å². The van der Waals surface area contributed by atoms with Gasteiger partial charge in [0.05, 0.1) is 17.6 Å². The number of aromatic nitrogens is 3. The molecule has 0 aromatic carbocycles. The first kappa shape index (κ1) is 18.3. The van der Waals surface area contributed by atoms with Gasteiger partial charge in [-0.05, 0) is 31.0 Å². The molecule has 1 aliphatic rings. The average molecular weight is 395 g/mol. The number of carbonyl (C=O) groups is 1. The zero-order valence-electron chi connectivity index (χ0n) is 15.2. The first-order valence-corrected chi connectivity index (χ1v) is 9.86. The van der Waals surface area contributed by atoms with E-state index in [2.05, 4.69) is 25.2 Å². The number of anilines is 3. The molecule has 5 N–H and O–H groups in total. The Morgan fingerprint density at radius 1 is 1.25 bits per heavy atom. The molecule has 1 saturated heterocycles. The van der Waals surface area contributed by atoms with Gasteiger partial charge < -0.3 is 21.7 Å². The molecule has 4 rings (SSSR count). The van der Waals surface area contributed by atoms with Crippen LogP contribution in [-0.2, 0) is 0 Å². The predicted molar refractivity (Wildman–Crippen MR) is 111 cm³/mol. The molecule has 3 aromatic heterocycles. The van der Waals surface area contributed by atoms with Crippen LogP contribution in [0.25, 0.3) is 10.6 Å². The van der Waals surface area contributed by atoms with Crippen LogP contribution in [0.15, 0.2) is 43.0 Å². The van der Waals surface area contributed by atoms with E-state index < -0.39 is 0 Å². The lowest BCUT2D eigenvalue weighted by molar-refractivity contribution is 0.102. The van der Waals surface area contributed by atoms with Crippen LogP contribution in [-0.4, -0.2) is 40.0 Å². The highest BCUT2D eigenvalue weighted by Gasteiger charge is 2.22. The van der Waals surface area contributed by atoms with Crippen molar-refractivity contribution >= 4 is 33.6 Å². The number of nitrogen functional groups attached to an aromatic ring is 1. The summed E-state index contributed by atoms with van der Waals surface area (Å²) in [6.07, 6.45) is 8.75. The molecule has 4 heterocycles. The number of piperidine rings is 1. The van der Waals surface area contributed by atoms with Gasteiger partial charge in [0.25, 0.3) is 5.91 Å². The molecule has 1 fully saturated rings. The van der Waals surface area contributed by atoms with E-state index in [0.717, 1.165) is 37.2 Å². The molecule has 0 spiro atoms. The van der Waals surface area contributed by atoms with E-state index in [-0.39, 0.29) is 17.6 Å². The summed E-state index contributed by atoms with van der Waals surface area (Å²) in [6, 6.07) is 5.71. The minimum Gasteiger partial charge on any atom is -0.389 e. The number of pyridine rings is 2. The van der Waals surface area contributed by atoms with Gasteiger partial charge >= 0.3 is 0 Å². The highest BCUT2D eigenvalue weighted by atomic mass is 32.1. The van der Waals surface area contributed by atoms with E-state index in [1.54, 1.807) is 24.8 Å². The Labute approximate surface area is 166 Å². The lowest BCUT2D eigenvalue weighted by Gasteiger charge is -2.33. The van der Waals surface area contributed by atoms with Crippen LogP contribution in [0.3, 0.4) is 0 Å². The maximum absolute atomic E-state index is 12.8. The fraction of sp³-hybridized carbons (Fsp3) is 0.263. The van der Waals surface area contributed by atoms with Gasteiger partial charge in [0.1, 0.15) is 10.0 Å². The van der Waals surface area contributed by atoms with Gasteiger partial charge in [-0.3, -0.25) is 14.8 Å². The summed E-state index contributed by atoms with van der Waals surface area (Å²) in [5.74, 6) is -0.362. The molecule has 0 radical (unpaired) electrons. The Kier molecular flexibility index (Phi) is 5.18. The van der Waals surface area contributed by atoms with Crippen LogP contribution >= 0.6 is 11.3 Å². The fourth-order valence-electron chi connectivity index (χ4n) is 3.28. The molecule has 1 amide bonds. The topological polar surface area (TPSA) is 123 Å². The van der Waals surface area contributed by atoms with Crippen molar-refractivity contribution in [3.8, 4) is 10.6 Å².